The van der Waals surface area contributed by atoms with E-state index in [1.165, 1.54) is 12.0 Å². The number of nitrogens with zero attached hydrogens (tertiary/aromatic N) is 1. The first-order chi connectivity index (χ1) is 14.5. The van der Waals surface area contributed by atoms with Crippen LogP contribution in [0.15, 0.2) is 52.6 Å². The number of halogens is 1. The summed E-state index contributed by atoms with van der Waals surface area (Å²) in [5.74, 6) is 0.741. The van der Waals surface area contributed by atoms with Crippen molar-refractivity contribution in [2.75, 3.05) is 0 Å². The van der Waals surface area contributed by atoms with E-state index in [4.69, 9.17) is 17.0 Å². The zero-order chi connectivity index (χ0) is 21.1. The Morgan fingerprint density at radius 1 is 1.17 bits per heavy atom. The molecule has 30 heavy (non-hydrogen) atoms. The number of aryl methyl sites for hydroxylation is 1. The molecule has 0 spiro atoms. The molecular weight excluding hydrogens is 460 g/mol. The largest absolute Gasteiger partial charge is 0.488 e. The maximum Gasteiger partial charge on any atom is 0.276 e. The quantitative estimate of drug-likeness (QED) is 0.434. The molecule has 0 atom stereocenters. The van der Waals surface area contributed by atoms with Gasteiger partial charge in [-0.2, -0.15) is 0 Å². The summed E-state index contributed by atoms with van der Waals surface area (Å²) in [7, 11) is 0. The molecule has 1 saturated carbocycles. The van der Waals surface area contributed by atoms with Crippen molar-refractivity contribution in [2.45, 2.75) is 51.7 Å². The lowest BCUT2D eigenvalue weighted by Crippen LogP contribution is -2.41. The second kappa shape index (κ2) is 9.31. The fraction of sp³-hybridized carbons (Fsp3) is 0.333. The van der Waals surface area contributed by atoms with Crippen LogP contribution < -0.4 is 10.1 Å². The molecule has 1 saturated heterocycles. The molecule has 0 bridgehead atoms. The Morgan fingerprint density at radius 2 is 1.90 bits per heavy atom. The minimum Gasteiger partial charge on any atom is -0.488 e. The third-order valence-electron chi connectivity index (χ3n) is 5.63. The van der Waals surface area contributed by atoms with Crippen LogP contribution in [0.3, 0.4) is 0 Å². The second-order valence-electron chi connectivity index (χ2n) is 7.92. The van der Waals surface area contributed by atoms with Crippen molar-refractivity contribution >= 4 is 45.2 Å². The van der Waals surface area contributed by atoms with E-state index < -0.39 is 0 Å². The van der Waals surface area contributed by atoms with Gasteiger partial charge in [0.15, 0.2) is 5.11 Å². The van der Waals surface area contributed by atoms with Crippen LogP contribution in [-0.2, 0) is 11.4 Å². The Labute approximate surface area is 191 Å². The summed E-state index contributed by atoms with van der Waals surface area (Å²) in [6.45, 7) is 2.57. The third kappa shape index (κ3) is 4.76. The van der Waals surface area contributed by atoms with Gasteiger partial charge in [-0.25, -0.2) is 0 Å². The fourth-order valence-electron chi connectivity index (χ4n) is 3.96. The van der Waals surface area contributed by atoms with Crippen molar-refractivity contribution in [3.05, 3.63) is 69.3 Å². The normalized spacial score (nSPS) is 18.7. The van der Waals surface area contributed by atoms with Crippen molar-refractivity contribution in [1.82, 2.24) is 10.2 Å². The van der Waals surface area contributed by atoms with Gasteiger partial charge in [-0.05, 0) is 77.2 Å². The number of rotatable bonds is 5. The Morgan fingerprint density at radius 3 is 2.60 bits per heavy atom. The fourth-order valence-corrected chi connectivity index (χ4v) is 4.81. The van der Waals surface area contributed by atoms with Crippen LogP contribution in [0, 0.1) is 6.92 Å². The molecule has 1 aliphatic heterocycles. The summed E-state index contributed by atoms with van der Waals surface area (Å²) in [6.07, 6.45) is 7.47. The van der Waals surface area contributed by atoms with Gasteiger partial charge in [-0.3, -0.25) is 9.69 Å². The molecule has 2 fully saturated rings. The average molecular weight is 485 g/mol. The molecule has 4 nitrogen and oxygen atoms in total. The molecule has 1 N–H and O–H groups in total. The topological polar surface area (TPSA) is 41.6 Å². The van der Waals surface area contributed by atoms with Gasteiger partial charge in [-0.15, -0.1) is 0 Å². The molecule has 0 radical (unpaired) electrons. The number of hydrogen-bond donors (Lipinski definition) is 1. The SMILES string of the molecule is Cc1ccc(COc2ccc(/C=C3\NC(=S)N(C4CCCCC4)C3=O)cc2Br)cc1. The molecule has 2 aliphatic rings. The first-order valence-corrected chi connectivity index (χ1v) is 11.6. The minimum absolute atomic E-state index is 0.0253. The van der Waals surface area contributed by atoms with E-state index >= 15 is 0 Å². The first kappa shape index (κ1) is 21.1. The minimum atomic E-state index is -0.0253. The summed E-state index contributed by atoms with van der Waals surface area (Å²) >= 11 is 9.04. The lowest BCUT2D eigenvalue weighted by Gasteiger charge is -2.29. The van der Waals surface area contributed by atoms with Gasteiger partial charge in [0, 0.05) is 6.04 Å². The van der Waals surface area contributed by atoms with Gasteiger partial charge in [0.05, 0.1) is 4.47 Å². The molecule has 1 amide bonds. The van der Waals surface area contributed by atoms with Crippen LogP contribution >= 0.6 is 28.1 Å². The average Bonchev–Trinajstić information content (AvgIpc) is 3.02. The number of amides is 1. The molecule has 2 aromatic rings. The zero-order valence-electron chi connectivity index (χ0n) is 17.0. The Kier molecular flexibility index (Phi) is 6.54. The van der Waals surface area contributed by atoms with Gasteiger partial charge in [0.2, 0.25) is 0 Å². The standard InChI is InChI=1S/C24H25BrN2O2S/c1-16-7-9-17(10-8-16)15-29-22-12-11-18(13-20(22)25)14-21-23(28)27(24(30)26-21)19-5-3-2-4-6-19/h7-14,19H,2-6,15H2,1H3,(H,26,30)/b21-14-. The van der Waals surface area contributed by atoms with E-state index in [9.17, 15) is 4.79 Å². The van der Waals surface area contributed by atoms with Crippen LogP contribution in [0.1, 0.15) is 48.8 Å². The number of nitrogens with one attached hydrogen (secondary N) is 1. The highest BCUT2D eigenvalue weighted by Gasteiger charge is 2.36. The summed E-state index contributed by atoms with van der Waals surface area (Å²) in [5, 5.41) is 3.63. The molecule has 1 heterocycles. The molecule has 156 valence electrons. The van der Waals surface area contributed by atoms with Gasteiger partial charge >= 0.3 is 0 Å². The van der Waals surface area contributed by atoms with Crippen molar-refractivity contribution < 1.29 is 9.53 Å². The number of ether oxygens (including phenoxy) is 1. The maximum atomic E-state index is 12.9. The van der Waals surface area contributed by atoms with E-state index in [-0.39, 0.29) is 11.9 Å². The molecule has 0 aromatic heterocycles. The van der Waals surface area contributed by atoms with E-state index in [0.29, 0.717) is 17.4 Å². The van der Waals surface area contributed by atoms with Gasteiger partial charge < -0.3 is 10.1 Å². The zero-order valence-corrected chi connectivity index (χ0v) is 19.4. The molecular formula is C24H25BrN2O2S. The Balaban J connectivity index is 1.44. The maximum absolute atomic E-state index is 12.9. The molecule has 1 aliphatic carbocycles. The highest BCUT2D eigenvalue weighted by molar-refractivity contribution is 9.10. The van der Waals surface area contributed by atoms with E-state index in [1.54, 1.807) is 4.90 Å². The summed E-state index contributed by atoms with van der Waals surface area (Å²) < 4.78 is 6.79. The van der Waals surface area contributed by atoms with E-state index in [1.807, 2.05) is 24.3 Å². The van der Waals surface area contributed by atoms with Crippen LogP contribution in [0.5, 0.6) is 5.75 Å². The van der Waals surface area contributed by atoms with Crippen LogP contribution in [0.25, 0.3) is 6.08 Å². The summed E-state index contributed by atoms with van der Waals surface area (Å²) in [6, 6.07) is 14.3. The highest BCUT2D eigenvalue weighted by atomic mass is 79.9. The number of benzene rings is 2. The number of thiocarbonyl (C=S) groups is 1. The first-order valence-electron chi connectivity index (χ1n) is 10.4. The Hall–Kier alpha value is -2.18. The lowest BCUT2D eigenvalue weighted by atomic mass is 9.94. The lowest BCUT2D eigenvalue weighted by molar-refractivity contribution is -0.124. The number of carbonyl (C=O) groups is 1. The van der Waals surface area contributed by atoms with E-state index in [0.717, 1.165) is 47.0 Å². The monoisotopic (exact) mass is 484 g/mol. The molecule has 0 unspecified atom stereocenters. The van der Waals surface area contributed by atoms with Gasteiger partial charge in [0.1, 0.15) is 18.1 Å². The highest BCUT2D eigenvalue weighted by Crippen LogP contribution is 2.30. The predicted octanol–water partition coefficient (Wildman–Crippen LogP) is 5.73. The van der Waals surface area contributed by atoms with Crippen LogP contribution in [-0.4, -0.2) is 22.0 Å². The number of carbonyl (C=O) groups excluding carboxylic acids is 1. The molecule has 4 rings (SSSR count). The van der Waals surface area contributed by atoms with Crippen molar-refractivity contribution in [3.63, 3.8) is 0 Å². The van der Waals surface area contributed by atoms with Crippen molar-refractivity contribution in [3.8, 4) is 5.75 Å². The third-order valence-corrected chi connectivity index (χ3v) is 6.55. The van der Waals surface area contributed by atoms with Gasteiger partial charge in [0.25, 0.3) is 5.91 Å². The van der Waals surface area contributed by atoms with Crippen molar-refractivity contribution in [1.29, 1.82) is 0 Å². The summed E-state index contributed by atoms with van der Waals surface area (Å²) in [5.41, 5.74) is 3.80. The van der Waals surface area contributed by atoms with Crippen LogP contribution in [0.2, 0.25) is 0 Å². The van der Waals surface area contributed by atoms with Crippen LogP contribution in [0.4, 0.5) is 0 Å². The van der Waals surface area contributed by atoms with Gasteiger partial charge in [-0.1, -0.05) is 55.2 Å². The summed E-state index contributed by atoms with van der Waals surface area (Å²) in [4.78, 5) is 14.7. The molecule has 2 aromatic carbocycles. The Bertz CT molecular complexity index is 981. The number of hydrogen-bond acceptors (Lipinski definition) is 3. The predicted molar refractivity (Wildman–Crippen MR) is 127 cm³/mol. The van der Waals surface area contributed by atoms with Crippen molar-refractivity contribution in [2.24, 2.45) is 0 Å². The second-order valence-corrected chi connectivity index (χ2v) is 9.16. The van der Waals surface area contributed by atoms with E-state index in [2.05, 4.69) is 52.4 Å². The molecule has 6 heteroatoms. The smallest absolute Gasteiger partial charge is 0.276 e.